The molecule has 106 valence electrons. The third-order valence-electron chi connectivity index (χ3n) is 3.27. The Hall–Kier alpha value is -1.35. The summed E-state index contributed by atoms with van der Waals surface area (Å²) in [6.45, 7) is 6.86. The van der Waals surface area contributed by atoms with E-state index in [1.54, 1.807) is 0 Å². The molecule has 2 unspecified atom stereocenters. The smallest absolute Gasteiger partial charge is 0.220 e. The van der Waals surface area contributed by atoms with Crippen LogP contribution in [0.1, 0.15) is 45.1 Å². The van der Waals surface area contributed by atoms with Crippen LogP contribution in [0.25, 0.3) is 0 Å². The summed E-state index contributed by atoms with van der Waals surface area (Å²) in [7, 11) is 0. The summed E-state index contributed by atoms with van der Waals surface area (Å²) in [5.74, 6) is 0.867. The molecule has 1 aromatic carbocycles. The molecule has 0 saturated carbocycles. The fourth-order valence-corrected chi connectivity index (χ4v) is 2.25. The molecule has 0 heterocycles. The molecule has 19 heavy (non-hydrogen) atoms. The van der Waals surface area contributed by atoms with Gasteiger partial charge in [0.15, 0.2) is 0 Å². The summed E-state index contributed by atoms with van der Waals surface area (Å²) in [6.07, 6.45) is 1.45. The van der Waals surface area contributed by atoms with Crippen LogP contribution in [-0.4, -0.2) is 18.5 Å². The van der Waals surface area contributed by atoms with E-state index in [9.17, 15) is 4.79 Å². The highest BCUT2D eigenvalue weighted by Crippen LogP contribution is 2.18. The molecule has 1 aromatic rings. The van der Waals surface area contributed by atoms with Crippen molar-refractivity contribution >= 4 is 5.91 Å². The van der Waals surface area contributed by atoms with Gasteiger partial charge in [0.1, 0.15) is 0 Å². The van der Waals surface area contributed by atoms with Crippen molar-refractivity contribution in [1.29, 1.82) is 0 Å². The molecule has 0 aromatic heterocycles. The van der Waals surface area contributed by atoms with E-state index in [-0.39, 0.29) is 17.9 Å². The molecule has 3 heteroatoms. The molecule has 3 nitrogen and oxygen atoms in total. The number of carbonyl (C=O) groups excluding carboxylic acids is 1. The Morgan fingerprint density at radius 3 is 2.37 bits per heavy atom. The van der Waals surface area contributed by atoms with Crippen LogP contribution in [0.3, 0.4) is 0 Å². The van der Waals surface area contributed by atoms with Gasteiger partial charge < -0.3 is 11.1 Å². The molecule has 0 bridgehead atoms. The van der Waals surface area contributed by atoms with Gasteiger partial charge in [-0.05, 0) is 23.8 Å². The Labute approximate surface area is 116 Å². The van der Waals surface area contributed by atoms with Crippen LogP contribution >= 0.6 is 0 Å². The third-order valence-corrected chi connectivity index (χ3v) is 3.27. The van der Waals surface area contributed by atoms with Gasteiger partial charge >= 0.3 is 0 Å². The predicted molar refractivity (Wildman–Crippen MR) is 79.9 cm³/mol. The van der Waals surface area contributed by atoms with E-state index < -0.39 is 0 Å². The predicted octanol–water partition coefficient (Wildman–Crippen LogP) is 2.67. The van der Waals surface area contributed by atoms with Crippen LogP contribution in [0, 0.1) is 5.92 Å². The number of nitrogens with one attached hydrogen (secondary N) is 1. The normalized spacial score (nSPS) is 14.2. The SMILES string of the molecule is CC(C)CC(CN)NC(=O)CC(C)c1ccccc1. The van der Waals surface area contributed by atoms with Crippen LogP contribution in [0.5, 0.6) is 0 Å². The molecule has 2 atom stereocenters. The quantitative estimate of drug-likeness (QED) is 0.793. The minimum absolute atomic E-state index is 0.0902. The van der Waals surface area contributed by atoms with Crippen molar-refractivity contribution in [3.63, 3.8) is 0 Å². The van der Waals surface area contributed by atoms with Crippen molar-refractivity contribution in [1.82, 2.24) is 5.32 Å². The lowest BCUT2D eigenvalue weighted by atomic mass is 9.97. The fraction of sp³-hybridized carbons (Fsp3) is 0.562. The molecule has 1 rings (SSSR count). The Balaban J connectivity index is 2.46. The summed E-state index contributed by atoms with van der Waals surface area (Å²) < 4.78 is 0. The Morgan fingerprint density at radius 1 is 1.21 bits per heavy atom. The second-order valence-electron chi connectivity index (χ2n) is 5.65. The molecule has 0 aliphatic heterocycles. The topological polar surface area (TPSA) is 55.1 Å². The number of hydrogen-bond acceptors (Lipinski definition) is 2. The van der Waals surface area contributed by atoms with E-state index in [2.05, 4.69) is 38.2 Å². The number of amides is 1. The number of carbonyl (C=O) groups is 1. The van der Waals surface area contributed by atoms with Gasteiger partial charge in [-0.3, -0.25) is 4.79 Å². The maximum absolute atomic E-state index is 12.0. The van der Waals surface area contributed by atoms with E-state index in [4.69, 9.17) is 5.73 Å². The largest absolute Gasteiger partial charge is 0.352 e. The summed E-state index contributed by atoms with van der Waals surface area (Å²) in [6, 6.07) is 10.2. The third kappa shape index (κ3) is 5.88. The van der Waals surface area contributed by atoms with Crippen molar-refractivity contribution in [2.45, 2.75) is 45.6 Å². The summed E-state index contributed by atoms with van der Waals surface area (Å²) in [4.78, 5) is 12.0. The van der Waals surface area contributed by atoms with Gasteiger partial charge in [-0.2, -0.15) is 0 Å². The summed E-state index contributed by atoms with van der Waals surface area (Å²) in [5, 5.41) is 3.03. The highest BCUT2D eigenvalue weighted by molar-refractivity contribution is 5.77. The van der Waals surface area contributed by atoms with Crippen molar-refractivity contribution in [2.24, 2.45) is 11.7 Å². The minimum Gasteiger partial charge on any atom is -0.352 e. The molecule has 0 radical (unpaired) electrons. The van der Waals surface area contributed by atoms with Gasteiger partial charge in [-0.25, -0.2) is 0 Å². The lowest BCUT2D eigenvalue weighted by Gasteiger charge is -2.20. The summed E-state index contributed by atoms with van der Waals surface area (Å²) in [5.41, 5.74) is 6.90. The maximum atomic E-state index is 12.0. The van der Waals surface area contributed by atoms with Crippen LogP contribution < -0.4 is 11.1 Å². The summed E-state index contributed by atoms with van der Waals surface area (Å²) >= 11 is 0. The van der Waals surface area contributed by atoms with E-state index in [1.807, 2.05) is 18.2 Å². The second kappa shape index (κ2) is 7.95. The van der Waals surface area contributed by atoms with E-state index in [1.165, 1.54) is 5.56 Å². The van der Waals surface area contributed by atoms with Crippen molar-refractivity contribution in [2.75, 3.05) is 6.54 Å². The lowest BCUT2D eigenvalue weighted by molar-refractivity contribution is -0.122. The van der Waals surface area contributed by atoms with E-state index >= 15 is 0 Å². The fourth-order valence-electron chi connectivity index (χ4n) is 2.25. The monoisotopic (exact) mass is 262 g/mol. The van der Waals surface area contributed by atoms with Gasteiger partial charge in [0, 0.05) is 19.0 Å². The molecule has 0 aliphatic rings. The maximum Gasteiger partial charge on any atom is 0.220 e. The number of nitrogens with two attached hydrogens (primary N) is 1. The molecule has 0 saturated heterocycles. The highest BCUT2D eigenvalue weighted by atomic mass is 16.1. The highest BCUT2D eigenvalue weighted by Gasteiger charge is 2.15. The first kappa shape index (κ1) is 15.7. The van der Waals surface area contributed by atoms with Crippen LogP contribution in [0.2, 0.25) is 0 Å². The van der Waals surface area contributed by atoms with Crippen LogP contribution in [-0.2, 0) is 4.79 Å². The van der Waals surface area contributed by atoms with Gasteiger partial charge in [0.2, 0.25) is 5.91 Å². The van der Waals surface area contributed by atoms with Gasteiger partial charge in [-0.1, -0.05) is 51.1 Å². The molecule has 0 spiro atoms. The molecule has 0 fully saturated rings. The van der Waals surface area contributed by atoms with Gasteiger partial charge in [0.05, 0.1) is 0 Å². The Bertz CT molecular complexity index is 376. The second-order valence-corrected chi connectivity index (χ2v) is 5.65. The Kier molecular flexibility index (Phi) is 6.57. The standard InChI is InChI=1S/C16H26N2O/c1-12(2)9-15(11-17)18-16(19)10-13(3)14-7-5-4-6-8-14/h4-8,12-13,15H,9-11,17H2,1-3H3,(H,18,19). The van der Waals surface area contributed by atoms with Gasteiger partial charge in [-0.15, -0.1) is 0 Å². The van der Waals surface area contributed by atoms with Crippen molar-refractivity contribution in [3.8, 4) is 0 Å². The van der Waals surface area contributed by atoms with Crippen molar-refractivity contribution < 1.29 is 4.79 Å². The van der Waals surface area contributed by atoms with Crippen molar-refractivity contribution in [3.05, 3.63) is 35.9 Å². The number of hydrogen-bond donors (Lipinski definition) is 2. The van der Waals surface area contributed by atoms with Crippen LogP contribution in [0.15, 0.2) is 30.3 Å². The lowest BCUT2D eigenvalue weighted by Crippen LogP contribution is -2.41. The zero-order chi connectivity index (χ0) is 14.3. The average Bonchev–Trinajstić information content (AvgIpc) is 2.38. The van der Waals surface area contributed by atoms with Crippen LogP contribution in [0.4, 0.5) is 0 Å². The average molecular weight is 262 g/mol. The van der Waals surface area contributed by atoms with E-state index in [0.29, 0.717) is 18.9 Å². The Morgan fingerprint density at radius 2 is 1.84 bits per heavy atom. The van der Waals surface area contributed by atoms with E-state index in [0.717, 1.165) is 6.42 Å². The first-order chi connectivity index (χ1) is 9.02. The zero-order valence-corrected chi connectivity index (χ0v) is 12.2. The minimum atomic E-state index is 0.0902. The first-order valence-corrected chi connectivity index (χ1v) is 7.07. The zero-order valence-electron chi connectivity index (χ0n) is 12.2. The molecule has 1 amide bonds. The van der Waals surface area contributed by atoms with Gasteiger partial charge in [0.25, 0.3) is 0 Å². The first-order valence-electron chi connectivity index (χ1n) is 7.07. The number of benzene rings is 1. The number of rotatable bonds is 7. The molecular formula is C16H26N2O. The molecule has 0 aliphatic carbocycles. The molecule has 3 N–H and O–H groups in total. The molecular weight excluding hydrogens is 236 g/mol.